The fourth-order valence-corrected chi connectivity index (χ4v) is 5.76. The number of piperidine rings is 1. The van der Waals surface area contributed by atoms with Crippen molar-refractivity contribution >= 4 is 33.2 Å². The molecule has 0 saturated carbocycles. The van der Waals surface area contributed by atoms with Gasteiger partial charge in [-0.05, 0) is 42.5 Å². The third-order valence-corrected chi connectivity index (χ3v) is 7.94. The summed E-state index contributed by atoms with van der Waals surface area (Å²) in [5.41, 5.74) is 3.42. The summed E-state index contributed by atoms with van der Waals surface area (Å²) in [6.07, 6.45) is -3.62. The summed E-state index contributed by atoms with van der Waals surface area (Å²) < 4.78 is 69.9. The van der Waals surface area contributed by atoms with Crippen LogP contribution < -0.4 is 15.6 Å². The lowest BCUT2D eigenvalue weighted by atomic mass is 9.99. The second-order valence-electron chi connectivity index (χ2n) is 6.99. The minimum Gasteiger partial charge on any atom is -0.484 e. The van der Waals surface area contributed by atoms with E-state index in [0.717, 1.165) is 29.5 Å². The van der Waals surface area contributed by atoms with Crippen molar-refractivity contribution < 1.29 is 35.9 Å². The van der Waals surface area contributed by atoms with E-state index in [1.54, 1.807) is 11.4 Å². The second-order valence-corrected chi connectivity index (χ2v) is 10.1. The van der Waals surface area contributed by atoms with Crippen molar-refractivity contribution in [2.24, 2.45) is 5.92 Å². The average Bonchev–Trinajstić information content (AvgIpc) is 3.31. The van der Waals surface area contributed by atoms with E-state index in [9.17, 15) is 31.2 Å². The van der Waals surface area contributed by atoms with Gasteiger partial charge in [0, 0.05) is 13.1 Å². The van der Waals surface area contributed by atoms with Crippen molar-refractivity contribution in [1.82, 2.24) is 15.2 Å². The first-order valence-electron chi connectivity index (χ1n) is 9.50. The third kappa shape index (κ3) is 5.99. The molecule has 1 aliphatic rings. The number of nitrogens with zero attached hydrogens (tertiary/aromatic N) is 1. The van der Waals surface area contributed by atoms with Gasteiger partial charge < -0.3 is 4.74 Å². The first kappa shape index (κ1) is 24.0. The number of sulfonamides is 1. The number of rotatable bonds is 6. The number of halogens is 3. The van der Waals surface area contributed by atoms with E-state index in [1.807, 2.05) is 0 Å². The highest BCUT2D eigenvalue weighted by molar-refractivity contribution is 7.91. The molecule has 1 fully saturated rings. The van der Waals surface area contributed by atoms with Gasteiger partial charge in [-0.15, -0.1) is 11.3 Å². The number of alkyl halides is 3. The van der Waals surface area contributed by atoms with Crippen LogP contribution in [0.2, 0.25) is 0 Å². The maximum absolute atomic E-state index is 12.7. The number of thiophene rings is 1. The Hall–Kier alpha value is -2.64. The molecule has 0 bridgehead atoms. The fraction of sp³-hybridized carbons (Fsp3) is 0.368. The Kier molecular flexibility index (Phi) is 7.41. The number of amides is 2. The molecular weight excluding hydrogens is 471 g/mol. The van der Waals surface area contributed by atoms with E-state index in [-0.39, 0.29) is 16.5 Å². The number of carbonyl (C=O) groups is 2. The van der Waals surface area contributed by atoms with E-state index in [1.165, 1.54) is 16.4 Å². The number of hydrogen-bond donors (Lipinski definition) is 2. The molecule has 1 atom stereocenters. The molecule has 0 unspecified atom stereocenters. The Balaban J connectivity index is 1.48. The molecule has 2 amide bonds. The minimum absolute atomic E-state index is 0.0251. The molecule has 0 aliphatic carbocycles. The topological polar surface area (TPSA) is 105 Å². The summed E-state index contributed by atoms with van der Waals surface area (Å²) in [5, 5.41) is 1.65. The van der Waals surface area contributed by atoms with Crippen LogP contribution in [0.25, 0.3) is 0 Å². The number of carbonyl (C=O) groups excluding carboxylic acids is 2. The van der Waals surface area contributed by atoms with Crippen molar-refractivity contribution in [2.45, 2.75) is 23.2 Å². The van der Waals surface area contributed by atoms with Crippen LogP contribution in [0.15, 0.2) is 46.0 Å². The van der Waals surface area contributed by atoms with Crippen LogP contribution in [0, 0.1) is 5.92 Å². The minimum atomic E-state index is -4.54. The van der Waals surface area contributed by atoms with Gasteiger partial charge in [-0.3, -0.25) is 20.4 Å². The van der Waals surface area contributed by atoms with E-state index in [2.05, 4.69) is 10.9 Å². The van der Waals surface area contributed by atoms with Gasteiger partial charge in [0.15, 0.2) is 6.61 Å². The van der Waals surface area contributed by atoms with Crippen LogP contribution in [-0.2, 0) is 25.8 Å². The van der Waals surface area contributed by atoms with Gasteiger partial charge in [-0.25, -0.2) is 8.42 Å². The van der Waals surface area contributed by atoms with Gasteiger partial charge in [0.1, 0.15) is 9.96 Å². The molecule has 174 valence electrons. The fourth-order valence-electron chi connectivity index (χ4n) is 3.09. The highest BCUT2D eigenvalue weighted by Crippen LogP contribution is 2.31. The van der Waals surface area contributed by atoms with E-state index in [0.29, 0.717) is 19.4 Å². The van der Waals surface area contributed by atoms with Gasteiger partial charge in [0.05, 0.1) is 11.5 Å². The molecule has 1 aromatic carbocycles. The Morgan fingerprint density at radius 1 is 1.19 bits per heavy atom. The predicted octanol–water partition coefficient (Wildman–Crippen LogP) is 2.39. The van der Waals surface area contributed by atoms with Gasteiger partial charge >= 0.3 is 6.18 Å². The SMILES string of the molecule is O=C(COc1cccc(C(F)(F)F)c1)NNC(=O)[C@@H]1CCCN(S(=O)(=O)c2cccs2)C1. The summed E-state index contributed by atoms with van der Waals surface area (Å²) in [7, 11) is -3.69. The van der Waals surface area contributed by atoms with E-state index < -0.39 is 46.1 Å². The molecule has 2 N–H and O–H groups in total. The maximum Gasteiger partial charge on any atom is 0.416 e. The van der Waals surface area contributed by atoms with Gasteiger partial charge in [-0.1, -0.05) is 12.1 Å². The van der Waals surface area contributed by atoms with Gasteiger partial charge in [-0.2, -0.15) is 17.5 Å². The highest BCUT2D eigenvalue weighted by atomic mass is 32.2. The molecule has 1 aliphatic heterocycles. The summed E-state index contributed by atoms with van der Waals surface area (Å²) in [5.74, 6) is -2.16. The molecule has 32 heavy (non-hydrogen) atoms. The standard InChI is InChI=1S/C19H20F3N3O5S2/c20-19(21,22)14-5-1-6-15(10-14)30-12-16(26)23-24-18(27)13-4-2-8-25(11-13)32(28,29)17-7-3-9-31-17/h1,3,5-7,9-10,13H,2,4,8,11-12H2,(H,23,26)(H,24,27)/t13-/m1/s1. The molecular formula is C19H20F3N3O5S2. The quantitative estimate of drug-likeness (QED) is 0.604. The number of ether oxygens (including phenoxy) is 1. The van der Waals surface area contributed by atoms with Crippen molar-refractivity contribution in [2.75, 3.05) is 19.7 Å². The van der Waals surface area contributed by atoms with Crippen LogP contribution in [0.3, 0.4) is 0 Å². The lowest BCUT2D eigenvalue weighted by molar-refractivity contribution is -0.137. The molecule has 8 nitrogen and oxygen atoms in total. The molecule has 1 aromatic heterocycles. The largest absolute Gasteiger partial charge is 0.484 e. The zero-order chi connectivity index (χ0) is 23.4. The second kappa shape index (κ2) is 9.88. The molecule has 13 heteroatoms. The maximum atomic E-state index is 12.7. The highest BCUT2D eigenvalue weighted by Gasteiger charge is 2.34. The summed E-state index contributed by atoms with van der Waals surface area (Å²) in [6, 6.07) is 7.18. The smallest absolute Gasteiger partial charge is 0.416 e. The zero-order valence-corrected chi connectivity index (χ0v) is 18.2. The zero-order valence-electron chi connectivity index (χ0n) is 16.6. The summed E-state index contributed by atoms with van der Waals surface area (Å²) in [6.45, 7) is -0.352. The molecule has 0 radical (unpaired) electrons. The molecule has 2 aromatic rings. The lowest BCUT2D eigenvalue weighted by Crippen LogP contribution is -2.50. The van der Waals surface area contributed by atoms with Crippen LogP contribution in [0.1, 0.15) is 18.4 Å². The van der Waals surface area contributed by atoms with Crippen LogP contribution >= 0.6 is 11.3 Å². The Bertz CT molecular complexity index is 1060. The van der Waals surface area contributed by atoms with Crippen LogP contribution in [0.5, 0.6) is 5.75 Å². The molecule has 1 saturated heterocycles. The first-order valence-corrected chi connectivity index (χ1v) is 11.8. The van der Waals surface area contributed by atoms with Crippen LogP contribution in [0.4, 0.5) is 13.2 Å². The predicted molar refractivity (Wildman–Crippen MR) is 109 cm³/mol. The Labute approximate surface area is 186 Å². The lowest BCUT2D eigenvalue weighted by Gasteiger charge is -2.30. The van der Waals surface area contributed by atoms with Crippen molar-refractivity contribution in [1.29, 1.82) is 0 Å². The molecule has 3 rings (SSSR count). The third-order valence-electron chi connectivity index (χ3n) is 4.70. The Morgan fingerprint density at radius 2 is 1.97 bits per heavy atom. The van der Waals surface area contributed by atoms with Gasteiger partial charge in [0.2, 0.25) is 5.91 Å². The number of nitrogens with one attached hydrogen (secondary N) is 2. The van der Waals surface area contributed by atoms with Crippen molar-refractivity contribution in [3.8, 4) is 5.75 Å². The van der Waals surface area contributed by atoms with Crippen LogP contribution in [-0.4, -0.2) is 44.2 Å². The molecule has 0 spiro atoms. The average molecular weight is 492 g/mol. The van der Waals surface area contributed by atoms with E-state index >= 15 is 0 Å². The number of benzene rings is 1. The molecule has 2 heterocycles. The van der Waals surface area contributed by atoms with Crippen molar-refractivity contribution in [3.63, 3.8) is 0 Å². The summed E-state index contributed by atoms with van der Waals surface area (Å²) in [4.78, 5) is 24.3. The van der Waals surface area contributed by atoms with Gasteiger partial charge in [0.25, 0.3) is 15.9 Å². The summed E-state index contributed by atoms with van der Waals surface area (Å²) >= 11 is 1.09. The monoisotopic (exact) mass is 491 g/mol. The number of hydrogen-bond acceptors (Lipinski definition) is 6. The normalized spacial score (nSPS) is 17.5. The van der Waals surface area contributed by atoms with Crippen molar-refractivity contribution in [3.05, 3.63) is 47.3 Å². The van der Waals surface area contributed by atoms with E-state index in [4.69, 9.17) is 4.74 Å². The number of hydrazine groups is 1. The first-order chi connectivity index (χ1) is 15.1. The Morgan fingerprint density at radius 3 is 2.66 bits per heavy atom.